The summed E-state index contributed by atoms with van der Waals surface area (Å²) in [4.78, 5) is 24.1. The lowest BCUT2D eigenvalue weighted by molar-refractivity contribution is -0.131. The van der Waals surface area contributed by atoms with Gasteiger partial charge in [-0.1, -0.05) is 103 Å². The first-order valence-electron chi connectivity index (χ1n) is 15.5. The highest BCUT2D eigenvalue weighted by molar-refractivity contribution is 6.31. The highest BCUT2D eigenvalue weighted by Gasteiger charge is 2.23. The normalized spacial score (nSPS) is 15.1. The van der Waals surface area contributed by atoms with E-state index in [-0.39, 0.29) is 11.9 Å². The topological polar surface area (TPSA) is 71.1 Å². The van der Waals surface area contributed by atoms with Crippen molar-refractivity contribution in [1.82, 2.24) is 0 Å². The quantitative estimate of drug-likeness (QED) is 0.121. The van der Waals surface area contributed by atoms with Crippen molar-refractivity contribution in [3.63, 3.8) is 0 Å². The molecule has 5 aromatic rings. The lowest BCUT2D eigenvalue weighted by Crippen LogP contribution is -1.97. The van der Waals surface area contributed by atoms with Crippen LogP contribution in [-0.2, 0) is 25.7 Å². The molecule has 0 spiro atoms. The highest BCUT2D eigenvalue weighted by Crippen LogP contribution is 2.30. The highest BCUT2D eigenvalue weighted by atomic mass is 35.5. The van der Waals surface area contributed by atoms with Crippen LogP contribution >= 0.6 is 11.6 Å². The molecule has 0 fully saturated rings. The SMILES string of the molecule is COc1ccc(C2=C/C(=C/c3ccc(OCc4ccccc4Cl)cc3)C(=O)O2)cc1.O=C1OC(c2ccccc2)=C/C1=C/c1ccccc1. The number of methoxy groups -OCH3 is 1. The van der Waals surface area contributed by atoms with Gasteiger partial charge in [0.15, 0.2) is 0 Å². The third-order valence-corrected chi connectivity index (χ3v) is 7.93. The summed E-state index contributed by atoms with van der Waals surface area (Å²) in [5.41, 5.74) is 5.58. The van der Waals surface area contributed by atoms with Gasteiger partial charge in [0.1, 0.15) is 29.6 Å². The number of hydrogen-bond donors (Lipinski definition) is 0. The maximum atomic E-state index is 12.2. The molecule has 0 N–H and O–H groups in total. The van der Waals surface area contributed by atoms with Gasteiger partial charge in [-0.2, -0.15) is 0 Å². The summed E-state index contributed by atoms with van der Waals surface area (Å²) in [5, 5.41) is 0.679. The van der Waals surface area contributed by atoms with Crippen molar-refractivity contribution in [1.29, 1.82) is 0 Å². The zero-order valence-electron chi connectivity index (χ0n) is 26.5. The van der Waals surface area contributed by atoms with E-state index in [2.05, 4.69) is 0 Å². The molecule has 0 atom stereocenters. The van der Waals surface area contributed by atoms with Gasteiger partial charge in [-0.25, -0.2) is 9.59 Å². The molecule has 0 saturated carbocycles. The van der Waals surface area contributed by atoms with Gasteiger partial charge in [-0.05, 0) is 77.9 Å². The lowest BCUT2D eigenvalue weighted by atomic mass is 10.1. The minimum absolute atomic E-state index is 0.303. The maximum absolute atomic E-state index is 12.2. The van der Waals surface area contributed by atoms with E-state index in [4.69, 9.17) is 30.5 Å². The number of rotatable bonds is 8. The molecule has 242 valence electrons. The number of carbonyl (C=O) groups is 2. The van der Waals surface area contributed by atoms with Crippen LogP contribution in [-0.4, -0.2) is 19.0 Å². The Morgan fingerprint density at radius 2 is 1.06 bits per heavy atom. The van der Waals surface area contributed by atoms with Crippen molar-refractivity contribution in [2.24, 2.45) is 0 Å². The fourth-order valence-electron chi connectivity index (χ4n) is 4.97. The zero-order chi connectivity index (χ0) is 34.0. The molecule has 2 aliphatic rings. The van der Waals surface area contributed by atoms with Crippen LogP contribution in [0, 0.1) is 0 Å². The molecular weight excluding hydrogens is 636 g/mol. The maximum Gasteiger partial charge on any atom is 0.343 e. The van der Waals surface area contributed by atoms with Crippen LogP contribution < -0.4 is 9.47 Å². The van der Waals surface area contributed by atoms with Crippen molar-refractivity contribution in [3.05, 3.63) is 190 Å². The number of hydrogen-bond acceptors (Lipinski definition) is 6. The Labute approximate surface area is 289 Å². The summed E-state index contributed by atoms with van der Waals surface area (Å²) in [7, 11) is 1.61. The summed E-state index contributed by atoms with van der Waals surface area (Å²) >= 11 is 6.15. The smallest absolute Gasteiger partial charge is 0.343 e. The Bertz CT molecular complexity index is 2060. The van der Waals surface area contributed by atoms with Gasteiger partial charge in [0.2, 0.25) is 0 Å². The first kappa shape index (κ1) is 32.8. The van der Waals surface area contributed by atoms with Crippen LogP contribution in [0.1, 0.15) is 27.8 Å². The van der Waals surface area contributed by atoms with E-state index in [0.717, 1.165) is 39.3 Å². The van der Waals surface area contributed by atoms with Crippen LogP contribution in [0.15, 0.2) is 157 Å². The lowest BCUT2D eigenvalue weighted by Gasteiger charge is -2.08. The van der Waals surface area contributed by atoms with Crippen LogP contribution in [0.4, 0.5) is 0 Å². The van der Waals surface area contributed by atoms with Crippen LogP contribution in [0.25, 0.3) is 23.7 Å². The van der Waals surface area contributed by atoms with E-state index in [1.807, 2.05) is 140 Å². The third kappa shape index (κ3) is 8.63. The third-order valence-electron chi connectivity index (χ3n) is 7.56. The minimum Gasteiger partial charge on any atom is -0.497 e. The van der Waals surface area contributed by atoms with Crippen LogP contribution in [0.2, 0.25) is 5.02 Å². The summed E-state index contributed by atoms with van der Waals surface area (Å²) < 4.78 is 21.6. The number of benzene rings is 5. The van der Waals surface area contributed by atoms with E-state index in [9.17, 15) is 9.59 Å². The minimum atomic E-state index is -0.375. The fourth-order valence-corrected chi connectivity index (χ4v) is 5.16. The standard InChI is InChI=1S/C25H19ClO4.C17H12O2/c1-28-21-12-8-18(9-13-21)24-15-20(25(27)30-24)14-17-6-10-22(11-7-17)29-16-19-4-2-3-5-23(19)26;18-17-15(11-13-7-3-1-4-8-13)12-16(19-17)14-9-5-2-6-10-14/h2-15H,16H2,1H3;1-12H/b20-14-;15-11-. The number of ether oxygens (including phenoxy) is 4. The molecule has 0 amide bonds. The van der Waals surface area contributed by atoms with E-state index < -0.39 is 0 Å². The van der Waals surface area contributed by atoms with Crippen LogP contribution in [0.5, 0.6) is 11.5 Å². The van der Waals surface area contributed by atoms with Gasteiger partial charge < -0.3 is 18.9 Å². The largest absolute Gasteiger partial charge is 0.497 e. The molecule has 7 heteroatoms. The molecule has 0 bridgehead atoms. The Morgan fingerprint density at radius 1 is 0.571 bits per heavy atom. The first-order chi connectivity index (χ1) is 23.9. The Kier molecular flexibility index (Phi) is 10.5. The molecule has 0 unspecified atom stereocenters. The Morgan fingerprint density at radius 3 is 1.63 bits per heavy atom. The zero-order valence-corrected chi connectivity index (χ0v) is 27.3. The Hall–Kier alpha value is -6.11. The van der Waals surface area contributed by atoms with Crippen molar-refractivity contribution in [2.45, 2.75) is 6.61 Å². The van der Waals surface area contributed by atoms with E-state index in [0.29, 0.717) is 34.3 Å². The van der Waals surface area contributed by atoms with Gasteiger partial charge in [0.05, 0.1) is 18.3 Å². The predicted molar refractivity (Wildman–Crippen MR) is 192 cm³/mol. The first-order valence-corrected chi connectivity index (χ1v) is 15.9. The molecule has 2 heterocycles. The van der Waals surface area contributed by atoms with Gasteiger partial charge >= 0.3 is 11.9 Å². The molecule has 5 aromatic carbocycles. The van der Waals surface area contributed by atoms with Gasteiger partial charge in [-0.3, -0.25) is 0 Å². The fraction of sp³-hybridized carbons (Fsp3) is 0.0476. The number of esters is 2. The molecule has 2 aliphatic heterocycles. The molecule has 0 radical (unpaired) electrons. The number of carbonyl (C=O) groups excluding carboxylic acids is 2. The van der Waals surface area contributed by atoms with Crippen molar-refractivity contribution in [2.75, 3.05) is 7.11 Å². The van der Waals surface area contributed by atoms with Gasteiger partial charge in [-0.15, -0.1) is 0 Å². The summed E-state index contributed by atoms with van der Waals surface area (Å²) in [5.74, 6) is 1.92. The van der Waals surface area contributed by atoms with Crippen molar-refractivity contribution >= 4 is 47.2 Å². The average Bonchev–Trinajstić information content (AvgIpc) is 3.70. The Balaban J connectivity index is 0.000000188. The average molecular weight is 667 g/mol. The van der Waals surface area contributed by atoms with Gasteiger partial charge in [0.25, 0.3) is 0 Å². The second kappa shape index (κ2) is 15.7. The molecular formula is C42H31ClO6. The van der Waals surface area contributed by atoms with E-state index in [1.54, 1.807) is 25.3 Å². The van der Waals surface area contributed by atoms with Gasteiger partial charge in [0, 0.05) is 21.7 Å². The van der Waals surface area contributed by atoms with Crippen molar-refractivity contribution in [3.8, 4) is 11.5 Å². The van der Waals surface area contributed by atoms with E-state index >= 15 is 0 Å². The van der Waals surface area contributed by atoms with Crippen LogP contribution in [0.3, 0.4) is 0 Å². The van der Waals surface area contributed by atoms with E-state index in [1.165, 1.54) is 0 Å². The molecule has 49 heavy (non-hydrogen) atoms. The summed E-state index contributed by atoms with van der Waals surface area (Å²) in [6.45, 7) is 0.389. The molecule has 7 rings (SSSR count). The summed E-state index contributed by atoms with van der Waals surface area (Å²) in [6, 6.07) is 41.8. The molecule has 0 aliphatic carbocycles. The monoisotopic (exact) mass is 666 g/mol. The molecule has 6 nitrogen and oxygen atoms in total. The number of cyclic esters (lactones) is 2. The molecule has 0 aromatic heterocycles. The summed E-state index contributed by atoms with van der Waals surface area (Å²) in [6.07, 6.45) is 7.14. The predicted octanol–water partition coefficient (Wildman–Crippen LogP) is 9.58. The second-order valence-electron chi connectivity index (χ2n) is 10.9. The van der Waals surface area contributed by atoms with Crippen molar-refractivity contribution < 1.29 is 28.5 Å². The number of halogens is 1. The second-order valence-corrected chi connectivity index (χ2v) is 11.4. The molecule has 0 saturated heterocycles.